The molecule has 7 heteroatoms. The van der Waals surface area contributed by atoms with E-state index in [-0.39, 0.29) is 12.0 Å². The molecule has 0 bridgehead atoms. The summed E-state index contributed by atoms with van der Waals surface area (Å²) in [6, 6.07) is 36.8. The molecule has 0 fully saturated rings. The third-order valence-electron chi connectivity index (χ3n) is 6.23. The molecule has 0 saturated heterocycles. The molecule has 0 heterocycles. The highest BCUT2D eigenvalue weighted by atomic mass is 31.2. The fraction of sp³-hybridized carbons (Fsp3) is 0.226. The first-order valence-corrected chi connectivity index (χ1v) is 16.8. The lowest BCUT2D eigenvalue weighted by Gasteiger charge is -2.31. The van der Waals surface area contributed by atoms with E-state index in [0.717, 1.165) is 21.2 Å². The van der Waals surface area contributed by atoms with E-state index in [1.54, 1.807) is 6.07 Å². The first-order chi connectivity index (χ1) is 18.6. The maximum absolute atomic E-state index is 10.8. The molecule has 0 unspecified atom stereocenters. The van der Waals surface area contributed by atoms with Crippen molar-refractivity contribution in [2.75, 3.05) is 26.1 Å². The van der Waals surface area contributed by atoms with Gasteiger partial charge in [-0.3, -0.25) is 0 Å². The van der Waals surface area contributed by atoms with Crippen molar-refractivity contribution in [3.8, 4) is 11.5 Å². The van der Waals surface area contributed by atoms with E-state index in [0.29, 0.717) is 25.6 Å². The molecule has 5 nitrogen and oxygen atoms in total. The van der Waals surface area contributed by atoms with Gasteiger partial charge in [-0.05, 0) is 69.3 Å². The van der Waals surface area contributed by atoms with Crippen molar-refractivity contribution >= 4 is 37.3 Å². The summed E-state index contributed by atoms with van der Waals surface area (Å²) in [6.45, 7) is 7.20. The van der Waals surface area contributed by atoms with Crippen LogP contribution in [0, 0.1) is 0 Å². The van der Waals surface area contributed by atoms with Crippen LogP contribution in [0.3, 0.4) is 0 Å². The van der Waals surface area contributed by atoms with Gasteiger partial charge in [-0.1, -0.05) is 54.6 Å². The smallest absolute Gasteiger partial charge is 0.508 e. The zero-order valence-electron chi connectivity index (χ0n) is 22.2. The number of phenolic OH excluding ortho intramolecular Hbond substituents is 1. The number of aromatic hydroxyl groups is 1. The molecule has 0 amide bonds. The Morgan fingerprint density at radius 2 is 1.03 bits per heavy atom. The normalized spacial score (nSPS) is 11.9. The summed E-state index contributed by atoms with van der Waals surface area (Å²) in [4.78, 5) is 0. The van der Waals surface area contributed by atoms with Crippen LogP contribution in [0.4, 0.5) is 0 Å². The van der Waals surface area contributed by atoms with Crippen LogP contribution in [0.25, 0.3) is 0 Å². The second-order valence-corrected chi connectivity index (χ2v) is 14.5. The van der Waals surface area contributed by atoms with E-state index >= 15 is 0 Å². The van der Waals surface area contributed by atoms with Crippen molar-refractivity contribution in [1.82, 2.24) is 0 Å². The van der Waals surface area contributed by atoms with Gasteiger partial charge < -0.3 is 23.1 Å². The fourth-order valence-corrected chi connectivity index (χ4v) is 11.3. The third-order valence-corrected chi connectivity index (χ3v) is 13.2. The van der Waals surface area contributed by atoms with Gasteiger partial charge in [0, 0.05) is 25.9 Å². The molecular formula is C31H36O5PSi+. The highest BCUT2D eigenvalue weighted by Crippen LogP contribution is 2.56. The van der Waals surface area contributed by atoms with Crippen molar-refractivity contribution in [3.05, 3.63) is 109 Å². The minimum Gasteiger partial charge on any atom is -0.508 e. The molecule has 0 aliphatic rings. The molecular weight excluding hydrogens is 511 g/mol. The highest BCUT2D eigenvalue weighted by molar-refractivity contribution is 8.01. The Labute approximate surface area is 227 Å². The van der Waals surface area contributed by atoms with E-state index < -0.39 is 16.1 Å². The molecule has 0 aliphatic heterocycles. The second kappa shape index (κ2) is 13.2. The van der Waals surface area contributed by atoms with Crippen LogP contribution in [0.15, 0.2) is 109 Å². The topological polar surface area (TPSA) is 57.2 Å². The van der Waals surface area contributed by atoms with Gasteiger partial charge in [0.1, 0.15) is 28.9 Å². The molecule has 4 rings (SSSR count). The van der Waals surface area contributed by atoms with Crippen LogP contribution >= 0.6 is 7.26 Å². The van der Waals surface area contributed by atoms with Crippen LogP contribution in [0.1, 0.15) is 20.8 Å². The molecule has 0 aliphatic carbocycles. The van der Waals surface area contributed by atoms with Crippen LogP contribution < -0.4 is 26.0 Å². The summed E-state index contributed by atoms with van der Waals surface area (Å²) in [5.74, 6) is 0.853. The summed E-state index contributed by atoms with van der Waals surface area (Å²) in [6.07, 6.45) is 0.165. The predicted molar refractivity (Wildman–Crippen MR) is 159 cm³/mol. The number of rotatable bonds is 13. The molecule has 38 heavy (non-hydrogen) atoms. The summed E-state index contributed by atoms with van der Waals surface area (Å²) >= 11 is 0. The maximum atomic E-state index is 10.8. The first-order valence-electron chi connectivity index (χ1n) is 13.0. The lowest BCUT2D eigenvalue weighted by molar-refractivity contribution is 0.0542. The summed E-state index contributed by atoms with van der Waals surface area (Å²) < 4.78 is 24.8. The minimum absolute atomic E-state index is 0.165. The van der Waals surface area contributed by atoms with Gasteiger partial charge in [0.2, 0.25) is 0 Å². The highest BCUT2D eigenvalue weighted by Gasteiger charge is 2.51. The molecule has 0 atom stereocenters. The number of hydrogen-bond donors (Lipinski definition) is 1. The van der Waals surface area contributed by atoms with Crippen LogP contribution in [-0.4, -0.2) is 40.0 Å². The SMILES string of the molecule is CCO[Si](COc1ccc(O)cc1[P+](c1ccccc1)(c1ccccc1)c1ccccc1)(OCC)OCC. The van der Waals surface area contributed by atoms with Crippen molar-refractivity contribution in [3.63, 3.8) is 0 Å². The molecule has 0 aromatic heterocycles. The molecule has 198 valence electrons. The predicted octanol–water partition coefficient (Wildman–Crippen LogP) is 4.98. The number of ether oxygens (including phenoxy) is 1. The number of hydrogen-bond acceptors (Lipinski definition) is 5. The molecule has 0 spiro atoms. The van der Waals surface area contributed by atoms with E-state index in [9.17, 15) is 5.11 Å². The summed E-state index contributed by atoms with van der Waals surface area (Å²) in [5.41, 5.74) is 0. The standard InChI is InChI=1S/C31H35O5PSi/c1-4-34-38(35-5-2,36-6-3)25-33-30-23-22-26(32)24-31(30)37(27-16-10-7-11-17-27,28-18-12-8-13-19-28)29-20-14-9-15-21-29/h7-24H,4-6,25H2,1-3H3/p+1. The van der Waals surface area contributed by atoms with E-state index in [1.165, 1.54) is 0 Å². The lowest BCUT2D eigenvalue weighted by Crippen LogP contribution is -2.52. The monoisotopic (exact) mass is 547 g/mol. The third kappa shape index (κ3) is 5.85. The largest absolute Gasteiger partial charge is 0.540 e. The van der Waals surface area contributed by atoms with Gasteiger partial charge in [0.25, 0.3) is 0 Å². The zero-order chi connectivity index (χ0) is 26.8. The Kier molecular flexibility index (Phi) is 9.73. The van der Waals surface area contributed by atoms with Crippen molar-refractivity contribution in [1.29, 1.82) is 0 Å². The van der Waals surface area contributed by atoms with Gasteiger partial charge >= 0.3 is 8.80 Å². The number of phenols is 1. The Hall–Kier alpha value is -2.99. The van der Waals surface area contributed by atoms with Crippen LogP contribution in [0.5, 0.6) is 11.5 Å². The minimum atomic E-state index is -3.08. The Balaban J connectivity index is 1.97. The van der Waals surface area contributed by atoms with Gasteiger partial charge in [-0.2, -0.15) is 0 Å². The fourth-order valence-electron chi connectivity index (χ4n) is 4.79. The van der Waals surface area contributed by atoms with Gasteiger partial charge in [0.05, 0.1) is 0 Å². The van der Waals surface area contributed by atoms with Gasteiger partial charge in [-0.15, -0.1) is 0 Å². The summed E-state index contributed by atoms with van der Waals surface area (Å²) in [5, 5.41) is 15.2. The Morgan fingerprint density at radius 3 is 1.42 bits per heavy atom. The molecule has 0 saturated carbocycles. The average molecular weight is 548 g/mol. The quantitative estimate of drug-likeness (QED) is 0.189. The summed E-state index contributed by atoms with van der Waals surface area (Å²) in [7, 11) is -5.57. The Morgan fingerprint density at radius 1 is 0.605 bits per heavy atom. The molecule has 0 radical (unpaired) electrons. The Bertz CT molecular complexity index is 1160. The van der Waals surface area contributed by atoms with Crippen LogP contribution in [0.2, 0.25) is 0 Å². The number of benzene rings is 4. The van der Waals surface area contributed by atoms with E-state index in [1.807, 2.05) is 51.1 Å². The van der Waals surface area contributed by atoms with Gasteiger partial charge in [0.15, 0.2) is 17.3 Å². The van der Waals surface area contributed by atoms with Crippen molar-refractivity contribution in [2.24, 2.45) is 0 Å². The average Bonchev–Trinajstić information content (AvgIpc) is 2.95. The molecule has 1 N–H and O–H groups in total. The lowest BCUT2D eigenvalue weighted by atomic mass is 10.3. The van der Waals surface area contributed by atoms with Crippen molar-refractivity contribution < 1.29 is 23.1 Å². The zero-order valence-corrected chi connectivity index (χ0v) is 24.1. The van der Waals surface area contributed by atoms with Crippen LogP contribution in [-0.2, 0) is 13.3 Å². The second-order valence-electron chi connectivity index (χ2n) is 8.60. The van der Waals surface area contributed by atoms with E-state index in [4.69, 9.17) is 18.0 Å². The van der Waals surface area contributed by atoms with Crippen molar-refractivity contribution in [2.45, 2.75) is 20.8 Å². The van der Waals surface area contributed by atoms with Gasteiger partial charge in [-0.25, -0.2) is 0 Å². The molecule has 4 aromatic rings. The van der Waals surface area contributed by atoms with E-state index in [2.05, 4.69) is 72.8 Å². The first kappa shape index (κ1) is 28.0. The molecule has 4 aromatic carbocycles. The maximum Gasteiger partial charge on any atom is 0.540 e.